The van der Waals surface area contributed by atoms with E-state index >= 15 is 0 Å². The molecule has 1 heterocycles. The van der Waals surface area contributed by atoms with Crippen molar-refractivity contribution in [3.8, 4) is 0 Å². The fraction of sp³-hybridized carbons (Fsp3) is 0.600. The van der Waals surface area contributed by atoms with E-state index in [0.29, 0.717) is 26.1 Å². The summed E-state index contributed by atoms with van der Waals surface area (Å²) in [6.07, 6.45) is -0.462. The minimum atomic E-state index is -0.589. The Kier molecular flexibility index (Phi) is 7.47. The zero-order valence-electron chi connectivity index (χ0n) is 16.6. The number of nitrogens with zero attached hydrogens (tertiary/aromatic N) is 1. The van der Waals surface area contributed by atoms with E-state index < -0.39 is 17.8 Å². The second-order valence-corrected chi connectivity index (χ2v) is 7.52. The lowest BCUT2D eigenvalue weighted by molar-refractivity contribution is -0.0172. The minimum absolute atomic E-state index is 0.166. The average molecular weight is 378 g/mol. The van der Waals surface area contributed by atoms with Crippen LogP contribution in [0.2, 0.25) is 0 Å². The van der Waals surface area contributed by atoms with E-state index in [9.17, 15) is 9.59 Å². The van der Waals surface area contributed by atoms with Crippen molar-refractivity contribution in [2.45, 2.75) is 58.5 Å². The molecule has 2 rings (SSSR count). The number of benzene rings is 1. The van der Waals surface area contributed by atoms with Gasteiger partial charge in [-0.1, -0.05) is 30.3 Å². The summed E-state index contributed by atoms with van der Waals surface area (Å²) in [5.41, 5.74) is 0.340. The maximum absolute atomic E-state index is 12.4. The molecular weight excluding hydrogens is 348 g/mol. The van der Waals surface area contributed by atoms with Crippen LogP contribution in [0.4, 0.5) is 9.59 Å². The molecule has 7 nitrogen and oxygen atoms in total. The molecule has 27 heavy (non-hydrogen) atoms. The Morgan fingerprint density at radius 1 is 1.22 bits per heavy atom. The predicted molar refractivity (Wildman–Crippen MR) is 101 cm³/mol. The van der Waals surface area contributed by atoms with Crippen LogP contribution in [0.15, 0.2) is 30.3 Å². The van der Waals surface area contributed by atoms with Gasteiger partial charge in [0.25, 0.3) is 0 Å². The monoisotopic (exact) mass is 378 g/mol. The Hall–Kier alpha value is -2.28. The highest BCUT2D eigenvalue weighted by Gasteiger charge is 2.34. The lowest BCUT2D eigenvalue weighted by atomic mass is 10.0. The number of carbonyl (C=O) groups is 2. The molecule has 0 aliphatic carbocycles. The first-order valence-corrected chi connectivity index (χ1v) is 9.35. The Morgan fingerprint density at radius 3 is 2.56 bits per heavy atom. The first-order valence-electron chi connectivity index (χ1n) is 9.35. The van der Waals surface area contributed by atoms with Crippen molar-refractivity contribution in [1.82, 2.24) is 10.2 Å². The van der Waals surface area contributed by atoms with Gasteiger partial charge in [0, 0.05) is 19.7 Å². The van der Waals surface area contributed by atoms with Crippen molar-refractivity contribution >= 4 is 12.2 Å². The normalized spacial score (nSPS) is 20.1. The van der Waals surface area contributed by atoms with Gasteiger partial charge < -0.3 is 24.4 Å². The molecule has 1 fully saturated rings. The second-order valence-electron chi connectivity index (χ2n) is 7.52. The summed E-state index contributed by atoms with van der Waals surface area (Å²) in [5, 5.41) is 2.83. The van der Waals surface area contributed by atoms with Crippen molar-refractivity contribution in [1.29, 1.82) is 0 Å². The third-order valence-corrected chi connectivity index (χ3v) is 4.10. The SMILES string of the molecule is CCO[C@H]1CCN(C(=O)OCc2ccccc2)C[C@@H]1NC(=O)OC(C)(C)C. The number of rotatable bonds is 5. The first-order chi connectivity index (χ1) is 12.8. The van der Waals surface area contributed by atoms with Gasteiger partial charge in [-0.25, -0.2) is 9.59 Å². The van der Waals surface area contributed by atoms with Gasteiger partial charge in [0.1, 0.15) is 12.2 Å². The molecule has 0 unspecified atom stereocenters. The van der Waals surface area contributed by atoms with Gasteiger partial charge in [-0.15, -0.1) is 0 Å². The number of piperidine rings is 1. The highest BCUT2D eigenvalue weighted by Crippen LogP contribution is 2.17. The summed E-state index contributed by atoms with van der Waals surface area (Å²) in [5.74, 6) is 0. The molecule has 1 saturated heterocycles. The summed E-state index contributed by atoms with van der Waals surface area (Å²) in [6.45, 7) is 8.92. The largest absolute Gasteiger partial charge is 0.445 e. The molecule has 0 aromatic heterocycles. The van der Waals surface area contributed by atoms with Crippen LogP contribution in [0.25, 0.3) is 0 Å². The lowest BCUT2D eigenvalue weighted by Crippen LogP contribution is -2.57. The molecule has 150 valence electrons. The number of ether oxygens (including phenoxy) is 3. The Morgan fingerprint density at radius 2 is 1.93 bits per heavy atom. The van der Waals surface area contributed by atoms with Crippen LogP contribution in [-0.4, -0.2) is 54.5 Å². The van der Waals surface area contributed by atoms with Gasteiger partial charge in [0.05, 0.1) is 12.1 Å². The number of hydrogen-bond acceptors (Lipinski definition) is 5. The van der Waals surface area contributed by atoms with Gasteiger partial charge in [-0.2, -0.15) is 0 Å². The fourth-order valence-electron chi connectivity index (χ4n) is 2.92. The van der Waals surface area contributed by atoms with E-state index in [1.807, 2.05) is 37.3 Å². The Bertz CT molecular complexity index is 615. The number of likely N-dealkylation sites (tertiary alicyclic amines) is 1. The number of alkyl carbamates (subject to hydrolysis) is 1. The zero-order valence-corrected chi connectivity index (χ0v) is 16.6. The molecule has 0 spiro atoms. The standard InChI is InChI=1S/C20H30N2O5/c1-5-25-17-11-12-22(13-16(17)21-18(23)27-20(2,3)4)19(24)26-14-15-9-7-6-8-10-15/h6-10,16-17H,5,11-14H2,1-4H3,(H,21,23)/t16-,17-/m0/s1. The van der Waals surface area contributed by atoms with E-state index in [1.54, 1.807) is 25.7 Å². The van der Waals surface area contributed by atoms with Crippen molar-refractivity contribution in [2.75, 3.05) is 19.7 Å². The molecule has 0 bridgehead atoms. The maximum atomic E-state index is 12.4. The van der Waals surface area contributed by atoms with Gasteiger partial charge in [0.15, 0.2) is 0 Å². The van der Waals surface area contributed by atoms with Gasteiger partial charge in [-0.05, 0) is 39.7 Å². The minimum Gasteiger partial charge on any atom is -0.445 e. The molecule has 1 aliphatic rings. The highest BCUT2D eigenvalue weighted by atomic mass is 16.6. The summed E-state index contributed by atoms with van der Waals surface area (Å²) >= 11 is 0. The van der Waals surface area contributed by atoms with Crippen LogP contribution in [-0.2, 0) is 20.8 Å². The third-order valence-electron chi connectivity index (χ3n) is 4.10. The Labute approximate surface area is 161 Å². The molecule has 1 aliphatic heterocycles. The van der Waals surface area contributed by atoms with E-state index in [-0.39, 0.29) is 18.8 Å². The summed E-state index contributed by atoms with van der Waals surface area (Å²) < 4.78 is 16.5. The van der Waals surface area contributed by atoms with Crippen LogP contribution < -0.4 is 5.32 Å². The topological polar surface area (TPSA) is 77.1 Å². The van der Waals surface area contributed by atoms with Crippen LogP contribution in [0, 0.1) is 0 Å². The van der Waals surface area contributed by atoms with E-state index in [0.717, 1.165) is 5.56 Å². The number of carbonyl (C=O) groups excluding carboxylic acids is 2. The molecule has 2 atom stereocenters. The van der Waals surface area contributed by atoms with E-state index in [1.165, 1.54) is 0 Å². The Balaban J connectivity index is 1.93. The molecule has 0 radical (unpaired) electrons. The molecule has 1 aromatic carbocycles. The number of nitrogens with one attached hydrogen (secondary N) is 1. The number of hydrogen-bond donors (Lipinski definition) is 1. The predicted octanol–water partition coefficient (Wildman–Crippen LogP) is 3.33. The van der Waals surface area contributed by atoms with E-state index in [2.05, 4.69) is 5.32 Å². The van der Waals surface area contributed by atoms with Gasteiger partial charge >= 0.3 is 12.2 Å². The maximum Gasteiger partial charge on any atom is 0.410 e. The molecule has 2 amide bonds. The smallest absolute Gasteiger partial charge is 0.410 e. The highest BCUT2D eigenvalue weighted by molar-refractivity contribution is 5.70. The van der Waals surface area contributed by atoms with Crippen molar-refractivity contribution in [2.24, 2.45) is 0 Å². The van der Waals surface area contributed by atoms with E-state index in [4.69, 9.17) is 14.2 Å². The fourth-order valence-corrected chi connectivity index (χ4v) is 2.92. The zero-order chi connectivity index (χ0) is 19.9. The van der Waals surface area contributed by atoms with Crippen LogP contribution in [0.3, 0.4) is 0 Å². The van der Waals surface area contributed by atoms with Gasteiger partial charge in [0.2, 0.25) is 0 Å². The summed E-state index contributed by atoms with van der Waals surface area (Å²) in [7, 11) is 0. The summed E-state index contributed by atoms with van der Waals surface area (Å²) in [4.78, 5) is 26.2. The molecule has 0 saturated carbocycles. The third kappa shape index (κ3) is 7.09. The van der Waals surface area contributed by atoms with Crippen molar-refractivity contribution in [3.63, 3.8) is 0 Å². The quantitative estimate of drug-likeness (QED) is 0.850. The molecule has 7 heteroatoms. The van der Waals surface area contributed by atoms with Crippen molar-refractivity contribution < 1.29 is 23.8 Å². The lowest BCUT2D eigenvalue weighted by Gasteiger charge is -2.38. The van der Waals surface area contributed by atoms with Crippen LogP contribution >= 0.6 is 0 Å². The van der Waals surface area contributed by atoms with Gasteiger partial charge in [-0.3, -0.25) is 0 Å². The molecular formula is C20H30N2O5. The average Bonchev–Trinajstić information content (AvgIpc) is 2.60. The van der Waals surface area contributed by atoms with Crippen molar-refractivity contribution in [3.05, 3.63) is 35.9 Å². The molecule has 1 N–H and O–H groups in total. The van der Waals surface area contributed by atoms with Crippen LogP contribution in [0.1, 0.15) is 39.7 Å². The molecule has 1 aromatic rings. The first kappa shape index (κ1) is 21.0. The number of amides is 2. The summed E-state index contributed by atoms with van der Waals surface area (Å²) in [6, 6.07) is 9.17. The second kappa shape index (κ2) is 9.60. The van der Waals surface area contributed by atoms with Crippen LogP contribution in [0.5, 0.6) is 0 Å².